The minimum absolute atomic E-state index is 0.0453. The highest BCUT2D eigenvalue weighted by Crippen LogP contribution is 2.43. The van der Waals surface area contributed by atoms with Crippen LogP contribution in [0.15, 0.2) is 40.3 Å². The smallest absolute Gasteiger partial charge is 0.254 e. The number of fused-ring (bicyclic) bond motifs is 2. The lowest BCUT2D eigenvalue weighted by molar-refractivity contribution is 0.0632. The molecule has 3 fully saturated rings. The molecule has 2 saturated heterocycles. The van der Waals surface area contributed by atoms with Gasteiger partial charge in [0.25, 0.3) is 5.91 Å². The second-order valence-electron chi connectivity index (χ2n) is 7.88. The molecule has 0 spiro atoms. The van der Waals surface area contributed by atoms with Crippen LogP contribution in [0.3, 0.4) is 0 Å². The lowest BCUT2D eigenvalue weighted by atomic mass is 9.82. The van der Waals surface area contributed by atoms with Gasteiger partial charge >= 0.3 is 0 Å². The lowest BCUT2D eigenvalue weighted by Crippen LogP contribution is -2.45. The highest BCUT2D eigenvalue weighted by molar-refractivity contribution is 7.89. The molecule has 140 valence electrons. The maximum Gasteiger partial charge on any atom is 0.254 e. The molecule has 1 aromatic rings. The van der Waals surface area contributed by atoms with Gasteiger partial charge in [-0.1, -0.05) is 11.1 Å². The number of hydrogen-bond acceptors (Lipinski definition) is 3. The maximum absolute atomic E-state index is 13.1. The van der Waals surface area contributed by atoms with Crippen molar-refractivity contribution < 1.29 is 13.2 Å². The summed E-state index contributed by atoms with van der Waals surface area (Å²) in [7, 11) is -0.448. The molecule has 4 rings (SSSR count). The Morgan fingerprint density at radius 1 is 1.00 bits per heavy atom. The molecule has 2 heterocycles. The van der Waals surface area contributed by atoms with Crippen molar-refractivity contribution in [3.63, 3.8) is 0 Å². The summed E-state index contributed by atoms with van der Waals surface area (Å²) in [6.07, 6.45) is 8.06. The van der Waals surface area contributed by atoms with E-state index in [9.17, 15) is 13.2 Å². The molecule has 0 N–H and O–H groups in total. The van der Waals surface area contributed by atoms with Crippen molar-refractivity contribution in [2.75, 3.05) is 14.1 Å². The topological polar surface area (TPSA) is 57.7 Å². The fraction of sp³-hybridized carbons (Fsp3) is 0.550. The summed E-state index contributed by atoms with van der Waals surface area (Å²) < 4.78 is 25.6. The number of benzene rings is 1. The second kappa shape index (κ2) is 6.50. The average molecular weight is 375 g/mol. The van der Waals surface area contributed by atoms with E-state index in [-0.39, 0.29) is 10.8 Å². The highest BCUT2D eigenvalue weighted by Gasteiger charge is 2.42. The zero-order valence-corrected chi connectivity index (χ0v) is 16.3. The Morgan fingerprint density at radius 3 is 2.04 bits per heavy atom. The fourth-order valence-electron chi connectivity index (χ4n) is 4.47. The van der Waals surface area contributed by atoms with Crippen LogP contribution >= 0.6 is 0 Å². The number of piperidine rings is 1. The number of nitrogens with zero attached hydrogens (tertiary/aromatic N) is 2. The summed E-state index contributed by atoms with van der Waals surface area (Å²) in [5.74, 6) is 0.0453. The summed E-state index contributed by atoms with van der Waals surface area (Å²) >= 11 is 0. The van der Waals surface area contributed by atoms with Crippen LogP contribution in [0.2, 0.25) is 0 Å². The van der Waals surface area contributed by atoms with Crippen molar-refractivity contribution in [2.45, 2.75) is 61.9 Å². The van der Waals surface area contributed by atoms with Gasteiger partial charge in [-0.2, -0.15) is 0 Å². The summed E-state index contributed by atoms with van der Waals surface area (Å²) in [6.45, 7) is 0. The zero-order valence-electron chi connectivity index (χ0n) is 15.4. The molecule has 26 heavy (non-hydrogen) atoms. The molecule has 2 bridgehead atoms. The first-order valence-electron chi connectivity index (χ1n) is 9.43. The lowest BCUT2D eigenvalue weighted by Gasteiger charge is -2.38. The van der Waals surface area contributed by atoms with Gasteiger partial charge in [-0.3, -0.25) is 4.79 Å². The summed E-state index contributed by atoms with van der Waals surface area (Å²) in [5.41, 5.74) is 3.84. The number of rotatable bonds is 3. The molecule has 2 unspecified atom stereocenters. The minimum Gasteiger partial charge on any atom is -0.332 e. The number of sulfonamides is 1. The van der Waals surface area contributed by atoms with Crippen LogP contribution in [-0.2, 0) is 10.0 Å². The molecule has 5 nitrogen and oxygen atoms in total. The van der Waals surface area contributed by atoms with Gasteiger partial charge in [0, 0.05) is 31.7 Å². The largest absolute Gasteiger partial charge is 0.332 e. The van der Waals surface area contributed by atoms with Gasteiger partial charge < -0.3 is 4.90 Å². The van der Waals surface area contributed by atoms with Crippen LogP contribution < -0.4 is 0 Å². The van der Waals surface area contributed by atoms with Crippen molar-refractivity contribution in [3.05, 3.63) is 41.0 Å². The Hall–Kier alpha value is -1.66. The Kier molecular flexibility index (Phi) is 4.43. The number of hydrogen-bond donors (Lipinski definition) is 0. The first-order chi connectivity index (χ1) is 12.4. The van der Waals surface area contributed by atoms with Crippen molar-refractivity contribution in [1.29, 1.82) is 0 Å². The van der Waals surface area contributed by atoms with Gasteiger partial charge in [0.2, 0.25) is 10.0 Å². The van der Waals surface area contributed by atoms with Crippen LogP contribution in [0.4, 0.5) is 0 Å². The predicted molar refractivity (Wildman–Crippen MR) is 100 cm³/mol. The predicted octanol–water partition coefficient (Wildman–Crippen LogP) is 3.18. The monoisotopic (exact) mass is 374 g/mol. The second-order valence-corrected chi connectivity index (χ2v) is 10.0. The molecule has 1 aliphatic carbocycles. The number of carbonyl (C=O) groups is 1. The summed E-state index contributed by atoms with van der Waals surface area (Å²) in [6, 6.07) is 7.01. The van der Waals surface area contributed by atoms with Crippen LogP contribution in [-0.4, -0.2) is 49.7 Å². The van der Waals surface area contributed by atoms with Crippen LogP contribution in [0.1, 0.15) is 55.3 Å². The van der Waals surface area contributed by atoms with E-state index in [1.807, 2.05) is 0 Å². The Morgan fingerprint density at radius 2 is 1.58 bits per heavy atom. The van der Waals surface area contributed by atoms with Gasteiger partial charge in [-0.05, 0) is 69.2 Å². The first-order valence-corrected chi connectivity index (χ1v) is 10.9. The molecule has 2 aliphatic heterocycles. The number of allylic oxidation sites excluding steroid dienone is 1. The van der Waals surface area contributed by atoms with Gasteiger partial charge in [-0.15, -0.1) is 0 Å². The van der Waals surface area contributed by atoms with Crippen molar-refractivity contribution in [2.24, 2.45) is 0 Å². The molecule has 1 amide bonds. The molecule has 0 aromatic heterocycles. The molecule has 6 heteroatoms. The third-order valence-corrected chi connectivity index (χ3v) is 7.98. The van der Waals surface area contributed by atoms with Gasteiger partial charge in [0.15, 0.2) is 0 Å². The van der Waals surface area contributed by atoms with E-state index < -0.39 is 10.0 Å². The molecule has 1 aromatic carbocycles. The first kappa shape index (κ1) is 17.7. The van der Waals surface area contributed by atoms with Crippen molar-refractivity contribution >= 4 is 15.9 Å². The van der Waals surface area contributed by atoms with E-state index in [4.69, 9.17) is 0 Å². The number of carbonyl (C=O) groups excluding carboxylic acids is 1. The van der Waals surface area contributed by atoms with Crippen molar-refractivity contribution in [3.8, 4) is 0 Å². The molecule has 3 aliphatic rings. The third kappa shape index (κ3) is 2.89. The Labute approximate surface area is 155 Å². The number of amides is 1. The summed E-state index contributed by atoms with van der Waals surface area (Å²) in [5, 5.41) is 0. The SMILES string of the molecule is CN(C)S(=O)(=O)c1ccc(C(=O)N2C3CCC2CC(=C2CCC2)C3)cc1. The van der Waals surface area contributed by atoms with E-state index in [0.717, 1.165) is 25.7 Å². The quantitative estimate of drug-likeness (QED) is 0.764. The Balaban J connectivity index is 1.54. The Bertz CT molecular complexity index is 834. The molecule has 0 radical (unpaired) electrons. The van der Waals surface area contributed by atoms with Crippen LogP contribution in [0.25, 0.3) is 0 Å². The standard InChI is InChI=1S/C20H26N2O3S/c1-21(2)26(24,25)19-10-6-15(7-11-19)20(23)22-17-8-9-18(22)13-16(12-17)14-4-3-5-14/h6-7,10-11,17-18H,3-5,8-9,12-13H2,1-2H3. The van der Waals surface area contributed by atoms with Gasteiger partial charge in [0.05, 0.1) is 4.90 Å². The van der Waals surface area contributed by atoms with E-state index >= 15 is 0 Å². The normalized spacial score (nSPS) is 25.6. The molecule has 2 atom stereocenters. The molecule has 1 saturated carbocycles. The fourth-order valence-corrected chi connectivity index (χ4v) is 5.37. The maximum atomic E-state index is 13.1. The van der Waals surface area contributed by atoms with Gasteiger partial charge in [-0.25, -0.2) is 12.7 Å². The average Bonchev–Trinajstić information content (AvgIpc) is 2.83. The highest BCUT2D eigenvalue weighted by atomic mass is 32.2. The third-order valence-electron chi connectivity index (χ3n) is 6.16. The molecular weight excluding hydrogens is 348 g/mol. The summed E-state index contributed by atoms with van der Waals surface area (Å²) in [4.78, 5) is 15.4. The minimum atomic E-state index is -3.46. The van der Waals surface area contributed by atoms with Crippen molar-refractivity contribution in [1.82, 2.24) is 9.21 Å². The molecular formula is C20H26N2O3S. The van der Waals surface area contributed by atoms with E-state index in [1.54, 1.807) is 23.3 Å². The van der Waals surface area contributed by atoms with Gasteiger partial charge in [0.1, 0.15) is 0 Å². The van der Waals surface area contributed by atoms with Crippen LogP contribution in [0.5, 0.6) is 0 Å². The van der Waals surface area contributed by atoms with E-state index in [1.165, 1.54) is 49.8 Å². The zero-order chi connectivity index (χ0) is 18.5. The van der Waals surface area contributed by atoms with E-state index in [2.05, 4.69) is 4.90 Å². The van der Waals surface area contributed by atoms with E-state index in [0.29, 0.717) is 17.6 Å². The van der Waals surface area contributed by atoms with Crippen LogP contribution in [0, 0.1) is 0 Å².